The molecule has 1 N–H and O–H groups in total. The van der Waals surface area contributed by atoms with Crippen molar-refractivity contribution in [3.8, 4) is 0 Å². The number of hydrogen-bond acceptors (Lipinski definition) is 3. The molecule has 0 bridgehead atoms. The van der Waals surface area contributed by atoms with Crippen molar-refractivity contribution in [1.82, 2.24) is 10.2 Å². The molecule has 0 aliphatic carbocycles. The molecule has 0 atom stereocenters. The van der Waals surface area contributed by atoms with Crippen LogP contribution < -0.4 is 5.32 Å². The maximum absolute atomic E-state index is 12.0. The summed E-state index contributed by atoms with van der Waals surface area (Å²) in [4.78, 5) is 25.7. The topological polar surface area (TPSA) is 58.6 Å². The molecule has 0 saturated carbocycles. The normalized spacial score (nSPS) is 15.0. The zero-order chi connectivity index (χ0) is 14.5. The Bertz CT molecular complexity index is 488. The molecule has 1 saturated heterocycles. The van der Waals surface area contributed by atoms with Gasteiger partial charge < -0.3 is 15.0 Å². The monoisotopic (exact) mass is 276 g/mol. The third-order valence-electron chi connectivity index (χ3n) is 3.25. The average Bonchev–Trinajstić information content (AvgIpc) is 2.44. The summed E-state index contributed by atoms with van der Waals surface area (Å²) in [5.41, 5.74) is 2.67. The van der Waals surface area contributed by atoms with Crippen LogP contribution in [0.5, 0.6) is 0 Å². The minimum atomic E-state index is -0.210. The molecule has 20 heavy (non-hydrogen) atoms. The second-order valence-electron chi connectivity index (χ2n) is 5.05. The summed E-state index contributed by atoms with van der Waals surface area (Å²) >= 11 is 0. The number of rotatable bonds is 3. The quantitative estimate of drug-likeness (QED) is 0.892. The molecule has 5 heteroatoms. The molecule has 0 aromatic heterocycles. The number of nitrogens with one attached hydrogen (secondary N) is 1. The van der Waals surface area contributed by atoms with Crippen LogP contribution in [0.4, 0.5) is 0 Å². The van der Waals surface area contributed by atoms with Gasteiger partial charge in [0.05, 0.1) is 19.8 Å². The fraction of sp³-hybridized carbons (Fsp3) is 0.467. The Hall–Kier alpha value is -1.88. The summed E-state index contributed by atoms with van der Waals surface area (Å²) < 4.78 is 5.19. The van der Waals surface area contributed by atoms with E-state index in [1.54, 1.807) is 4.90 Å². The van der Waals surface area contributed by atoms with E-state index in [4.69, 9.17) is 4.74 Å². The van der Waals surface area contributed by atoms with E-state index in [1.807, 2.05) is 32.0 Å². The Morgan fingerprint density at radius 1 is 1.15 bits per heavy atom. The van der Waals surface area contributed by atoms with Gasteiger partial charge in [-0.1, -0.05) is 17.2 Å². The third-order valence-corrected chi connectivity index (χ3v) is 3.25. The first kappa shape index (κ1) is 14.5. The van der Waals surface area contributed by atoms with Crippen molar-refractivity contribution < 1.29 is 14.3 Å². The molecule has 0 unspecified atom stereocenters. The van der Waals surface area contributed by atoms with Gasteiger partial charge >= 0.3 is 0 Å². The molecular weight excluding hydrogens is 256 g/mol. The van der Waals surface area contributed by atoms with E-state index in [0.717, 1.165) is 11.1 Å². The number of hydrogen-bond donors (Lipinski definition) is 1. The standard InChI is InChI=1S/C15H20N2O3/c1-11-7-12(2)9-13(8-11)15(19)16-10-14(18)17-3-5-20-6-4-17/h7-9H,3-6,10H2,1-2H3,(H,16,19). The maximum atomic E-state index is 12.0. The van der Waals surface area contributed by atoms with Crippen molar-refractivity contribution in [3.63, 3.8) is 0 Å². The molecule has 5 nitrogen and oxygen atoms in total. The van der Waals surface area contributed by atoms with E-state index in [9.17, 15) is 9.59 Å². The summed E-state index contributed by atoms with van der Waals surface area (Å²) in [7, 11) is 0. The van der Waals surface area contributed by atoms with E-state index in [-0.39, 0.29) is 18.4 Å². The van der Waals surface area contributed by atoms with E-state index in [0.29, 0.717) is 31.9 Å². The van der Waals surface area contributed by atoms with Crippen molar-refractivity contribution in [1.29, 1.82) is 0 Å². The molecule has 108 valence electrons. The molecule has 1 aromatic carbocycles. The Labute approximate surface area is 118 Å². The SMILES string of the molecule is Cc1cc(C)cc(C(=O)NCC(=O)N2CCOCC2)c1. The van der Waals surface area contributed by atoms with Crippen molar-refractivity contribution in [2.24, 2.45) is 0 Å². The summed E-state index contributed by atoms with van der Waals surface area (Å²) in [5, 5.41) is 2.68. The van der Waals surface area contributed by atoms with Gasteiger partial charge in [0.1, 0.15) is 0 Å². The average molecular weight is 276 g/mol. The van der Waals surface area contributed by atoms with Gasteiger partial charge in [-0.3, -0.25) is 9.59 Å². The van der Waals surface area contributed by atoms with E-state index < -0.39 is 0 Å². The smallest absolute Gasteiger partial charge is 0.251 e. The highest BCUT2D eigenvalue weighted by Crippen LogP contribution is 2.08. The maximum Gasteiger partial charge on any atom is 0.251 e. The van der Waals surface area contributed by atoms with Crippen LogP contribution in [0.3, 0.4) is 0 Å². The van der Waals surface area contributed by atoms with Gasteiger partial charge in [0.2, 0.25) is 5.91 Å². The number of aryl methyl sites for hydroxylation is 2. The van der Waals surface area contributed by atoms with Crippen LogP contribution in [0.15, 0.2) is 18.2 Å². The van der Waals surface area contributed by atoms with E-state index in [2.05, 4.69) is 5.32 Å². The first-order valence-electron chi connectivity index (χ1n) is 6.78. The van der Waals surface area contributed by atoms with Gasteiger partial charge in [-0.25, -0.2) is 0 Å². The number of amides is 2. The predicted molar refractivity (Wildman–Crippen MR) is 75.6 cm³/mol. The van der Waals surface area contributed by atoms with Crippen LogP contribution in [0.2, 0.25) is 0 Å². The lowest BCUT2D eigenvalue weighted by atomic mass is 10.1. The van der Waals surface area contributed by atoms with Gasteiger partial charge in [0, 0.05) is 18.7 Å². The fourth-order valence-corrected chi connectivity index (χ4v) is 2.29. The van der Waals surface area contributed by atoms with Crippen LogP contribution in [0.25, 0.3) is 0 Å². The van der Waals surface area contributed by atoms with Gasteiger partial charge in [-0.2, -0.15) is 0 Å². The van der Waals surface area contributed by atoms with Gasteiger partial charge in [-0.05, 0) is 26.0 Å². The minimum Gasteiger partial charge on any atom is -0.378 e. The lowest BCUT2D eigenvalue weighted by Crippen LogP contribution is -2.45. The minimum absolute atomic E-state index is 0.0336. The van der Waals surface area contributed by atoms with Crippen molar-refractivity contribution in [2.75, 3.05) is 32.8 Å². The number of carbonyl (C=O) groups is 2. The second-order valence-corrected chi connectivity index (χ2v) is 5.05. The zero-order valence-electron chi connectivity index (χ0n) is 11.9. The van der Waals surface area contributed by atoms with Gasteiger partial charge in [-0.15, -0.1) is 0 Å². The number of carbonyl (C=O) groups excluding carboxylic acids is 2. The Kier molecular flexibility index (Phi) is 4.74. The van der Waals surface area contributed by atoms with E-state index in [1.165, 1.54) is 0 Å². The lowest BCUT2D eigenvalue weighted by Gasteiger charge is -2.26. The predicted octanol–water partition coefficient (Wildman–Crippen LogP) is 0.892. The Morgan fingerprint density at radius 2 is 1.75 bits per heavy atom. The van der Waals surface area contributed by atoms with E-state index >= 15 is 0 Å². The number of nitrogens with zero attached hydrogens (tertiary/aromatic N) is 1. The lowest BCUT2D eigenvalue weighted by molar-refractivity contribution is -0.134. The van der Waals surface area contributed by atoms with Gasteiger partial charge in [0.25, 0.3) is 5.91 Å². The second kappa shape index (κ2) is 6.52. The van der Waals surface area contributed by atoms with Crippen LogP contribution in [-0.2, 0) is 9.53 Å². The molecule has 1 aromatic rings. The molecule has 1 fully saturated rings. The molecule has 2 rings (SSSR count). The first-order chi connectivity index (χ1) is 9.56. The number of ether oxygens (including phenoxy) is 1. The highest BCUT2D eigenvalue weighted by atomic mass is 16.5. The first-order valence-corrected chi connectivity index (χ1v) is 6.78. The summed E-state index contributed by atoms with van der Waals surface area (Å²) in [5.74, 6) is -0.274. The molecule has 0 spiro atoms. The fourth-order valence-electron chi connectivity index (χ4n) is 2.29. The molecular formula is C15H20N2O3. The zero-order valence-corrected chi connectivity index (χ0v) is 11.9. The summed E-state index contributed by atoms with van der Waals surface area (Å²) in [6, 6.07) is 5.65. The largest absolute Gasteiger partial charge is 0.378 e. The highest BCUT2D eigenvalue weighted by Gasteiger charge is 2.17. The summed E-state index contributed by atoms with van der Waals surface area (Å²) in [6.07, 6.45) is 0. The third kappa shape index (κ3) is 3.81. The van der Waals surface area contributed by atoms with Crippen LogP contribution >= 0.6 is 0 Å². The Balaban J connectivity index is 1.89. The van der Waals surface area contributed by atoms with Crippen LogP contribution in [0, 0.1) is 13.8 Å². The highest BCUT2D eigenvalue weighted by molar-refractivity contribution is 5.96. The summed E-state index contributed by atoms with van der Waals surface area (Å²) in [6.45, 7) is 6.25. The van der Waals surface area contributed by atoms with Crippen molar-refractivity contribution >= 4 is 11.8 Å². The molecule has 2 amide bonds. The van der Waals surface area contributed by atoms with Crippen LogP contribution in [-0.4, -0.2) is 49.6 Å². The molecule has 1 aliphatic rings. The number of morpholine rings is 1. The molecule has 0 radical (unpaired) electrons. The number of benzene rings is 1. The van der Waals surface area contributed by atoms with Crippen molar-refractivity contribution in [3.05, 3.63) is 34.9 Å². The molecule has 1 aliphatic heterocycles. The van der Waals surface area contributed by atoms with Gasteiger partial charge in [0.15, 0.2) is 0 Å². The van der Waals surface area contributed by atoms with Crippen LogP contribution in [0.1, 0.15) is 21.5 Å². The Morgan fingerprint density at radius 3 is 2.35 bits per heavy atom. The molecule has 1 heterocycles. The van der Waals surface area contributed by atoms with Crippen molar-refractivity contribution in [2.45, 2.75) is 13.8 Å².